The van der Waals surface area contributed by atoms with Crippen LogP contribution in [0.5, 0.6) is 5.75 Å². The Hall–Kier alpha value is -3.55. The second kappa shape index (κ2) is 7.46. The Kier molecular flexibility index (Phi) is 4.84. The molecule has 1 saturated heterocycles. The molecule has 1 aliphatic heterocycles. The standard InChI is InChI=1S/C21H22N4O4/c1-14-11-24(15-6-5-7-16(10-15)29-2)19(26)12-23(14)20(27)13-25-21(28)17-8-3-4-9-18(17)22-25/h3-10,14,22H,11-13H2,1-2H3/t14-/m0/s1. The Morgan fingerprint density at radius 1 is 1.17 bits per heavy atom. The first-order chi connectivity index (χ1) is 14.0. The number of hydrogen-bond acceptors (Lipinski definition) is 4. The van der Waals surface area contributed by atoms with Gasteiger partial charge >= 0.3 is 0 Å². The van der Waals surface area contributed by atoms with Gasteiger partial charge in [0.1, 0.15) is 18.8 Å². The van der Waals surface area contributed by atoms with Gasteiger partial charge in [0.2, 0.25) is 11.8 Å². The van der Waals surface area contributed by atoms with Crippen LogP contribution in [-0.2, 0) is 16.1 Å². The van der Waals surface area contributed by atoms with Crippen molar-refractivity contribution in [1.29, 1.82) is 0 Å². The molecule has 2 amide bonds. The van der Waals surface area contributed by atoms with Gasteiger partial charge in [0, 0.05) is 24.3 Å². The van der Waals surface area contributed by atoms with Crippen LogP contribution in [-0.4, -0.2) is 52.7 Å². The van der Waals surface area contributed by atoms with Crippen LogP contribution in [0.3, 0.4) is 0 Å². The Morgan fingerprint density at radius 3 is 2.72 bits per heavy atom. The van der Waals surface area contributed by atoms with Crippen LogP contribution in [0.25, 0.3) is 10.9 Å². The molecule has 0 spiro atoms. The molecule has 8 heteroatoms. The third kappa shape index (κ3) is 3.49. The summed E-state index contributed by atoms with van der Waals surface area (Å²) in [6.07, 6.45) is 0. The van der Waals surface area contributed by atoms with E-state index in [4.69, 9.17) is 4.74 Å². The topological polar surface area (TPSA) is 87.6 Å². The number of benzene rings is 2. The van der Waals surface area contributed by atoms with Crippen molar-refractivity contribution in [3.05, 3.63) is 58.9 Å². The SMILES string of the molecule is COc1cccc(N2C[C@H](C)N(C(=O)Cn3[nH]c4ccccc4c3=O)CC2=O)c1. The molecule has 1 aromatic heterocycles. The van der Waals surface area contributed by atoms with Gasteiger partial charge in [0.05, 0.1) is 18.0 Å². The van der Waals surface area contributed by atoms with Crippen LogP contribution in [0.15, 0.2) is 53.3 Å². The zero-order valence-corrected chi connectivity index (χ0v) is 16.3. The number of H-pyrrole nitrogens is 1. The number of fused-ring (bicyclic) bond motifs is 1. The smallest absolute Gasteiger partial charge is 0.274 e. The number of piperazine rings is 1. The average molecular weight is 394 g/mol. The summed E-state index contributed by atoms with van der Waals surface area (Å²) in [5.41, 5.74) is 1.17. The number of hydrogen-bond donors (Lipinski definition) is 1. The van der Waals surface area contributed by atoms with Crippen LogP contribution >= 0.6 is 0 Å². The zero-order chi connectivity index (χ0) is 20.5. The van der Waals surface area contributed by atoms with Gasteiger partial charge in [0.15, 0.2) is 0 Å². The summed E-state index contributed by atoms with van der Waals surface area (Å²) in [5, 5.41) is 3.49. The number of nitrogens with zero attached hydrogens (tertiary/aromatic N) is 3. The molecule has 1 atom stereocenters. The molecule has 0 aliphatic carbocycles. The number of aromatic nitrogens is 2. The average Bonchev–Trinajstić information content (AvgIpc) is 3.05. The maximum Gasteiger partial charge on any atom is 0.274 e. The Morgan fingerprint density at radius 2 is 1.97 bits per heavy atom. The quantitative estimate of drug-likeness (QED) is 0.728. The fourth-order valence-electron chi connectivity index (χ4n) is 3.66. The van der Waals surface area contributed by atoms with Crippen LogP contribution < -0.4 is 15.2 Å². The van der Waals surface area contributed by atoms with E-state index >= 15 is 0 Å². The van der Waals surface area contributed by atoms with Gasteiger partial charge in [-0.15, -0.1) is 0 Å². The molecule has 1 aliphatic rings. The highest BCUT2D eigenvalue weighted by Gasteiger charge is 2.33. The van der Waals surface area contributed by atoms with Crippen molar-refractivity contribution in [3.8, 4) is 5.75 Å². The molecular formula is C21H22N4O4. The first-order valence-electron chi connectivity index (χ1n) is 9.39. The van der Waals surface area contributed by atoms with E-state index in [9.17, 15) is 14.4 Å². The lowest BCUT2D eigenvalue weighted by atomic mass is 10.1. The molecule has 2 heterocycles. The minimum Gasteiger partial charge on any atom is -0.497 e. The fraction of sp³-hybridized carbons (Fsp3) is 0.286. The molecule has 29 heavy (non-hydrogen) atoms. The highest BCUT2D eigenvalue weighted by molar-refractivity contribution is 5.98. The molecule has 1 N–H and O–H groups in total. The largest absolute Gasteiger partial charge is 0.497 e. The molecule has 0 radical (unpaired) electrons. The molecule has 0 bridgehead atoms. The summed E-state index contributed by atoms with van der Waals surface area (Å²) in [5.74, 6) is 0.221. The minimum absolute atomic E-state index is 0.0355. The number of para-hydroxylation sites is 1. The van der Waals surface area contributed by atoms with Gasteiger partial charge in [-0.05, 0) is 31.2 Å². The van der Waals surface area contributed by atoms with Crippen LogP contribution in [0.2, 0.25) is 0 Å². The summed E-state index contributed by atoms with van der Waals surface area (Å²) in [7, 11) is 1.58. The number of nitrogens with one attached hydrogen (secondary N) is 1. The Balaban J connectivity index is 1.51. The molecule has 0 saturated carbocycles. The van der Waals surface area contributed by atoms with Crippen molar-refractivity contribution in [2.45, 2.75) is 19.5 Å². The fourth-order valence-corrected chi connectivity index (χ4v) is 3.66. The number of carbonyl (C=O) groups excluding carboxylic acids is 2. The Labute approximate surface area is 167 Å². The van der Waals surface area contributed by atoms with Crippen molar-refractivity contribution in [2.75, 3.05) is 25.1 Å². The van der Waals surface area contributed by atoms with E-state index in [2.05, 4.69) is 5.10 Å². The summed E-state index contributed by atoms with van der Waals surface area (Å²) in [4.78, 5) is 41.2. The first kappa shape index (κ1) is 18.8. The van der Waals surface area contributed by atoms with Crippen LogP contribution in [0, 0.1) is 0 Å². The highest BCUT2D eigenvalue weighted by atomic mass is 16.5. The minimum atomic E-state index is -0.273. The predicted molar refractivity (Wildman–Crippen MR) is 109 cm³/mol. The van der Waals surface area contributed by atoms with E-state index in [1.54, 1.807) is 36.3 Å². The van der Waals surface area contributed by atoms with Crippen molar-refractivity contribution < 1.29 is 14.3 Å². The normalized spacial score (nSPS) is 17.0. The van der Waals surface area contributed by atoms with E-state index in [0.717, 1.165) is 5.69 Å². The summed E-state index contributed by atoms with van der Waals surface area (Å²) in [6, 6.07) is 14.2. The van der Waals surface area contributed by atoms with E-state index in [1.807, 2.05) is 31.2 Å². The molecule has 3 aromatic rings. The van der Waals surface area contributed by atoms with Gasteiger partial charge in [-0.1, -0.05) is 18.2 Å². The van der Waals surface area contributed by atoms with Crippen LogP contribution in [0.4, 0.5) is 5.69 Å². The Bertz CT molecular complexity index is 1130. The third-order valence-corrected chi connectivity index (χ3v) is 5.22. The predicted octanol–water partition coefficient (Wildman–Crippen LogP) is 1.60. The number of anilines is 1. The molecular weight excluding hydrogens is 372 g/mol. The van der Waals surface area contributed by atoms with Gasteiger partial charge in [-0.2, -0.15) is 0 Å². The second-order valence-electron chi connectivity index (χ2n) is 7.13. The van der Waals surface area contributed by atoms with Gasteiger partial charge in [-0.25, -0.2) is 4.68 Å². The van der Waals surface area contributed by atoms with Crippen molar-refractivity contribution >= 4 is 28.4 Å². The van der Waals surface area contributed by atoms with Gasteiger partial charge < -0.3 is 14.5 Å². The van der Waals surface area contributed by atoms with Crippen LogP contribution in [0.1, 0.15) is 6.92 Å². The number of rotatable bonds is 4. The van der Waals surface area contributed by atoms with E-state index in [-0.39, 0.29) is 36.5 Å². The van der Waals surface area contributed by atoms with E-state index in [1.165, 1.54) is 9.58 Å². The van der Waals surface area contributed by atoms with Gasteiger partial charge in [-0.3, -0.25) is 19.5 Å². The number of carbonyl (C=O) groups is 2. The second-order valence-corrected chi connectivity index (χ2v) is 7.13. The number of aromatic amines is 1. The number of amides is 2. The highest BCUT2D eigenvalue weighted by Crippen LogP contribution is 2.24. The van der Waals surface area contributed by atoms with E-state index in [0.29, 0.717) is 23.2 Å². The molecule has 2 aromatic carbocycles. The zero-order valence-electron chi connectivity index (χ0n) is 16.3. The number of ether oxygens (including phenoxy) is 1. The lowest BCUT2D eigenvalue weighted by Gasteiger charge is -2.39. The van der Waals surface area contributed by atoms with Gasteiger partial charge in [0.25, 0.3) is 5.56 Å². The summed E-state index contributed by atoms with van der Waals surface area (Å²) in [6.45, 7) is 2.10. The molecule has 8 nitrogen and oxygen atoms in total. The molecule has 1 fully saturated rings. The van der Waals surface area contributed by atoms with Crippen molar-refractivity contribution in [3.63, 3.8) is 0 Å². The first-order valence-corrected chi connectivity index (χ1v) is 9.39. The molecule has 0 unspecified atom stereocenters. The van der Waals surface area contributed by atoms with E-state index < -0.39 is 0 Å². The monoisotopic (exact) mass is 394 g/mol. The third-order valence-electron chi connectivity index (χ3n) is 5.22. The lowest BCUT2D eigenvalue weighted by molar-refractivity contribution is -0.140. The van der Waals surface area contributed by atoms with Crippen molar-refractivity contribution in [2.24, 2.45) is 0 Å². The maximum atomic E-state index is 12.9. The lowest BCUT2D eigenvalue weighted by Crippen LogP contribution is -2.58. The molecule has 4 rings (SSSR count). The molecule has 150 valence electrons. The van der Waals surface area contributed by atoms with Crippen molar-refractivity contribution in [1.82, 2.24) is 14.7 Å². The summed E-state index contributed by atoms with van der Waals surface area (Å²) >= 11 is 0. The maximum absolute atomic E-state index is 12.9. The number of methoxy groups -OCH3 is 1. The summed E-state index contributed by atoms with van der Waals surface area (Å²) < 4.78 is 6.52.